The van der Waals surface area contributed by atoms with Crippen molar-refractivity contribution in [3.63, 3.8) is 0 Å². The summed E-state index contributed by atoms with van der Waals surface area (Å²) in [7, 11) is 0. The molecule has 0 aliphatic carbocycles. The van der Waals surface area contributed by atoms with Crippen molar-refractivity contribution in [3.05, 3.63) is 88.4 Å². The Morgan fingerprint density at radius 1 is 0.929 bits per heavy atom. The van der Waals surface area contributed by atoms with Gasteiger partial charge in [-0.1, -0.05) is 41.9 Å². The molecule has 0 aromatic heterocycles. The molecule has 0 heterocycles. The number of benzene rings is 3. The Balaban J connectivity index is 1.53. The molecule has 0 saturated heterocycles. The highest BCUT2D eigenvalue weighted by Crippen LogP contribution is 2.26. The minimum Gasteiger partial charge on any atom is -0.482 e. The monoisotopic (exact) mass is 394 g/mol. The smallest absolute Gasteiger partial charge is 0.262 e. The van der Waals surface area contributed by atoms with Crippen molar-refractivity contribution in [1.29, 1.82) is 0 Å². The molecule has 0 bridgehead atoms. The van der Waals surface area contributed by atoms with Gasteiger partial charge in [-0.25, -0.2) is 0 Å². The van der Waals surface area contributed by atoms with Gasteiger partial charge in [-0.3, -0.25) is 4.79 Å². The van der Waals surface area contributed by atoms with Crippen molar-refractivity contribution in [2.45, 2.75) is 20.4 Å². The number of carbonyl (C=O) groups excluding carboxylic acids is 1. The number of ether oxygens (including phenoxy) is 1. The number of anilines is 2. The van der Waals surface area contributed by atoms with E-state index in [-0.39, 0.29) is 12.5 Å². The maximum atomic E-state index is 12.0. The first-order chi connectivity index (χ1) is 13.5. The summed E-state index contributed by atoms with van der Waals surface area (Å²) in [4.78, 5) is 12.0. The van der Waals surface area contributed by atoms with Gasteiger partial charge in [0, 0.05) is 17.9 Å². The van der Waals surface area contributed by atoms with Gasteiger partial charge in [0.1, 0.15) is 5.75 Å². The van der Waals surface area contributed by atoms with Crippen LogP contribution in [0.4, 0.5) is 11.4 Å². The second-order valence-corrected chi connectivity index (χ2v) is 7.03. The zero-order valence-electron chi connectivity index (χ0n) is 16.0. The first-order valence-electron chi connectivity index (χ1n) is 9.08. The molecule has 28 heavy (non-hydrogen) atoms. The molecule has 0 radical (unpaired) electrons. The molecule has 0 aliphatic rings. The lowest BCUT2D eigenvalue weighted by atomic mass is 10.1. The van der Waals surface area contributed by atoms with E-state index < -0.39 is 0 Å². The second-order valence-electron chi connectivity index (χ2n) is 6.62. The van der Waals surface area contributed by atoms with E-state index in [1.807, 2.05) is 42.5 Å². The molecule has 144 valence electrons. The van der Waals surface area contributed by atoms with Gasteiger partial charge in [0.15, 0.2) is 6.61 Å². The van der Waals surface area contributed by atoms with Crippen LogP contribution in [-0.4, -0.2) is 12.5 Å². The number of aryl methyl sites for hydroxylation is 2. The quantitative estimate of drug-likeness (QED) is 0.549. The molecular weight excluding hydrogens is 372 g/mol. The van der Waals surface area contributed by atoms with E-state index in [4.69, 9.17) is 16.3 Å². The molecule has 5 heteroatoms. The zero-order valence-corrected chi connectivity index (χ0v) is 16.7. The fourth-order valence-electron chi connectivity index (χ4n) is 2.69. The number of halogens is 1. The van der Waals surface area contributed by atoms with Crippen molar-refractivity contribution < 1.29 is 9.53 Å². The Kier molecular flexibility index (Phi) is 6.56. The molecule has 0 aliphatic heterocycles. The van der Waals surface area contributed by atoms with Crippen LogP contribution in [0.5, 0.6) is 5.75 Å². The molecule has 1 amide bonds. The highest BCUT2D eigenvalue weighted by molar-refractivity contribution is 6.32. The number of hydrogen-bond acceptors (Lipinski definition) is 3. The first-order valence-corrected chi connectivity index (χ1v) is 9.46. The molecule has 4 nitrogen and oxygen atoms in total. The van der Waals surface area contributed by atoms with Gasteiger partial charge >= 0.3 is 0 Å². The molecule has 3 aromatic carbocycles. The van der Waals surface area contributed by atoms with Gasteiger partial charge in [-0.15, -0.1) is 0 Å². The molecular formula is C23H23ClN2O2. The maximum Gasteiger partial charge on any atom is 0.262 e. The van der Waals surface area contributed by atoms with E-state index in [2.05, 4.69) is 42.7 Å². The first kappa shape index (κ1) is 19.8. The zero-order chi connectivity index (χ0) is 19.9. The molecule has 0 unspecified atom stereocenters. The summed E-state index contributed by atoms with van der Waals surface area (Å²) in [6.07, 6.45) is 0. The van der Waals surface area contributed by atoms with E-state index in [9.17, 15) is 4.79 Å². The number of hydrogen-bond donors (Lipinski definition) is 2. The van der Waals surface area contributed by atoms with Crippen LogP contribution in [0, 0.1) is 13.8 Å². The molecule has 0 fully saturated rings. The summed E-state index contributed by atoms with van der Waals surface area (Å²) >= 11 is 6.32. The lowest BCUT2D eigenvalue weighted by molar-refractivity contribution is -0.118. The van der Waals surface area contributed by atoms with Crippen molar-refractivity contribution in [3.8, 4) is 5.75 Å². The Labute approximate surface area is 170 Å². The Hall–Kier alpha value is -2.98. The number of amides is 1. The van der Waals surface area contributed by atoms with Crippen LogP contribution in [0.25, 0.3) is 0 Å². The average molecular weight is 395 g/mol. The van der Waals surface area contributed by atoms with Gasteiger partial charge in [-0.05, 0) is 66.9 Å². The highest BCUT2D eigenvalue weighted by Gasteiger charge is 2.07. The van der Waals surface area contributed by atoms with Crippen LogP contribution >= 0.6 is 11.6 Å². The number of rotatable bonds is 7. The molecule has 0 spiro atoms. The van der Waals surface area contributed by atoms with Crippen molar-refractivity contribution in [2.75, 3.05) is 17.2 Å². The topological polar surface area (TPSA) is 50.4 Å². The Morgan fingerprint density at radius 2 is 1.71 bits per heavy atom. The minimum atomic E-state index is -0.234. The fourth-order valence-corrected chi connectivity index (χ4v) is 2.95. The van der Waals surface area contributed by atoms with Crippen LogP contribution in [0.3, 0.4) is 0 Å². The van der Waals surface area contributed by atoms with Crippen LogP contribution in [0.15, 0.2) is 66.7 Å². The maximum absolute atomic E-state index is 12.0. The SMILES string of the molecule is Cc1ccc(NCc2ccc(OCC(=O)Nc3ccccc3)c(Cl)c2)cc1C. The lowest BCUT2D eigenvalue weighted by Crippen LogP contribution is -2.20. The van der Waals surface area contributed by atoms with E-state index >= 15 is 0 Å². The van der Waals surface area contributed by atoms with Crippen molar-refractivity contribution in [1.82, 2.24) is 0 Å². The van der Waals surface area contributed by atoms with Crippen molar-refractivity contribution in [2.24, 2.45) is 0 Å². The van der Waals surface area contributed by atoms with Crippen LogP contribution in [0.2, 0.25) is 5.02 Å². The van der Waals surface area contributed by atoms with Gasteiger partial charge in [0.2, 0.25) is 0 Å². The number of carbonyl (C=O) groups is 1. The molecule has 2 N–H and O–H groups in total. The number of nitrogens with one attached hydrogen (secondary N) is 2. The van der Waals surface area contributed by atoms with Gasteiger partial charge < -0.3 is 15.4 Å². The van der Waals surface area contributed by atoms with E-state index in [1.165, 1.54) is 11.1 Å². The summed E-state index contributed by atoms with van der Waals surface area (Å²) in [5.41, 5.74) is 5.35. The lowest BCUT2D eigenvalue weighted by Gasteiger charge is -2.12. The van der Waals surface area contributed by atoms with E-state index in [1.54, 1.807) is 6.07 Å². The summed E-state index contributed by atoms with van der Waals surface area (Å²) in [6.45, 7) is 4.74. The van der Waals surface area contributed by atoms with Crippen LogP contribution in [-0.2, 0) is 11.3 Å². The third-order valence-electron chi connectivity index (χ3n) is 4.42. The molecule has 3 rings (SSSR count). The Morgan fingerprint density at radius 3 is 2.43 bits per heavy atom. The van der Waals surface area contributed by atoms with Crippen molar-refractivity contribution >= 4 is 28.9 Å². The largest absolute Gasteiger partial charge is 0.482 e. The predicted molar refractivity (Wildman–Crippen MR) is 115 cm³/mol. The third kappa shape index (κ3) is 5.51. The van der Waals surface area contributed by atoms with Crippen LogP contribution < -0.4 is 15.4 Å². The minimum absolute atomic E-state index is 0.102. The molecule has 0 atom stereocenters. The van der Waals surface area contributed by atoms with Gasteiger partial charge in [-0.2, -0.15) is 0 Å². The predicted octanol–water partition coefficient (Wildman–Crippen LogP) is 5.59. The molecule has 3 aromatic rings. The third-order valence-corrected chi connectivity index (χ3v) is 4.71. The number of para-hydroxylation sites is 1. The van der Waals surface area contributed by atoms with Crippen LogP contribution in [0.1, 0.15) is 16.7 Å². The summed E-state index contributed by atoms with van der Waals surface area (Å²) in [6, 6.07) is 21.1. The molecule has 0 saturated carbocycles. The summed E-state index contributed by atoms with van der Waals surface area (Å²) in [5, 5.41) is 6.64. The van der Waals surface area contributed by atoms with E-state index in [0.717, 1.165) is 16.9 Å². The van der Waals surface area contributed by atoms with E-state index in [0.29, 0.717) is 17.3 Å². The average Bonchev–Trinajstić information content (AvgIpc) is 2.69. The second kappa shape index (κ2) is 9.29. The Bertz CT molecular complexity index is 958. The standard InChI is InChI=1S/C23H23ClN2O2/c1-16-8-10-20(12-17(16)2)25-14-18-9-11-22(21(24)13-18)28-15-23(27)26-19-6-4-3-5-7-19/h3-13,25H,14-15H2,1-2H3,(H,26,27). The normalized spacial score (nSPS) is 10.4. The summed E-state index contributed by atoms with van der Waals surface area (Å²) in [5.74, 6) is 0.252. The van der Waals surface area contributed by atoms with Gasteiger partial charge in [0.25, 0.3) is 5.91 Å². The van der Waals surface area contributed by atoms with Gasteiger partial charge in [0.05, 0.1) is 5.02 Å². The fraction of sp³-hybridized carbons (Fsp3) is 0.174. The summed E-state index contributed by atoms with van der Waals surface area (Å²) < 4.78 is 5.55. The highest BCUT2D eigenvalue weighted by atomic mass is 35.5.